The SMILES string of the molecule is CC(C)(C)[Si](OCCC(=N)N)(c1ccccc1)c1ccccc1.CC(C)(C)[Si](OCCc1ncc2c(n1)CCCC2=O)(c1ccccc1)c1ccccc1. The molecule has 4 aromatic carbocycles. The molecule has 54 heavy (non-hydrogen) atoms. The highest BCUT2D eigenvalue weighted by atomic mass is 28.4. The summed E-state index contributed by atoms with van der Waals surface area (Å²) in [6, 6.07) is 42.3. The molecule has 0 amide bonds. The number of carbonyl (C=O) groups excluding carboxylic acids is 1. The molecule has 9 heteroatoms. The number of fused-ring (bicyclic) bond motifs is 1. The van der Waals surface area contributed by atoms with E-state index in [1.807, 2.05) is 12.1 Å². The topological polar surface area (TPSA) is 111 Å². The molecule has 1 aliphatic rings. The maximum absolute atomic E-state index is 12.1. The fourth-order valence-electron chi connectivity index (χ4n) is 7.69. The Morgan fingerprint density at radius 2 is 1.07 bits per heavy atom. The molecule has 0 atom stereocenters. The van der Waals surface area contributed by atoms with Crippen molar-refractivity contribution in [3.63, 3.8) is 0 Å². The number of hydrogen-bond donors (Lipinski definition) is 2. The molecule has 0 saturated heterocycles. The minimum absolute atomic E-state index is 0.0352. The second kappa shape index (κ2) is 17.7. The Balaban J connectivity index is 0.000000218. The minimum atomic E-state index is -2.55. The van der Waals surface area contributed by atoms with Gasteiger partial charge in [0.1, 0.15) is 5.82 Å². The van der Waals surface area contributed by atoms with Crippen LogP contribution in [0.25, 0.3) is 0 Å². The standard InChI is InChI=1S/C26H30N2O2Si.C19H26N2OSi/c1-26(2,3)31(20-11-6-4-7-12-20,21-13-8-5-9-14-21)30-18-17-25-27-19-22-23(28-25)15-10-16-24(22)29;1-19(2,3)23(22-15-14-18(20)21,16-10-6-4-7-11-16)17-12-8-5-9-13-17/h4-9,11-14,19H,10,15-18H2,1-3H3;4-13H,14-15H2,1-3H3,(H3,20,21). The van der Waals surface area contributed by atoms with E-state index in [-0.39, 0.29) is 21.7 Å². The van der Waals surface area contributed by atoms with Crippen LogP contribution in [-0.4, -0.2) is 51.4 Å². The molecule has 0 bridgehead atoms. The van der Waals surface area contributed by atoms with Crippen LogP contribution < -0.4 is 26.5 Å². The van der Waals surface area contributed by atoms with Gasteiger partial charge in [0.2, 0.25) is 0 Å². The number of nitrogens with one attached hydrogen (secondary N) is 1. The van der Waals surface area contributed by atoms with Crippen molar-refractivity contribution in [3.8, 4) is 0 Å². The zero-order valence-electron chi connectivity index (χ0n) is 32.8. The first-order valence-electron chi connectivity index (χ1n) is 19.0. The fourth-order valence-corrected chi connectivity index (χ4v) is 16.8. The number of aryl methyl sites for hydroxylation is 1. The van der Waals surface area contributed by atoms with E-state index in [1.165, 1.54) is 20.7 Å². The third kappa shape index (κ3) is 9.04. The van der Waals surface area contributed by atoms with Crippen molar-refractivity contribution in [3.05, 3.63) is 145 Å². The molecular weight excluding hydrogens is 701 g/mol. The van der Waals surface area contributed by atoms with Crippen LogP contribution >= 0.6 is 0 Å². The third-order valence-corrected chi connectivity index (χ3v) is 20.3. The molecule has 0 saturated carbocycles. The van der Waals surface area contributed by atoms with Crippen LogP contribution in [0.2, 0.25) is 10.1 Å². The van der Waals surface area contributed by atoms with E-state index in [9.17, 15) is 4.79 Å². The second-order valence-electron chi connectivity index (χ2n) is 16.0. The summed E-state index contributed by atoms with van der Waals surface area (Å²) in [5, 5.41) is 12.4. The van der Waals surface area contributed by atoms with Crippen molar-refractivity contribution in [1.82, 2.24) is 9.97 Å². The lowest BCUT2D eigenvalue weighted by Crippen LogP contribution is -2.66. The first-order valence-corrected chi connectivity index (χ1v) is 22.8. The summed E-state index contributed by atoms with van der Waals surface area (Å²) in [6.45, 7) is 14.6. The summed E-state index contributed by atoms with van der Waals surface area (Å²) in [6.07, 6.45) is 5.14. The van der Waals surface area contributed by atoms with Gasteiger partial charge in [-0.15, -0.1) is 0 Å². The lowest BCUT2D eigenvalue weighted by atomic mass is 9.96. The zero-order chi connectivity index (χ0) is 38.8. The normalized spacial score (nSPS) is 13.4. The first-order chi connectivity index (χ1) is 25.8. The molecule has 1 aromatic heterocycles. The van der Waals surface area contributed by atoms with E-state index >= 15 is 0 Å². The molecule has 6 rings (SSSR count). The Morgan fingerprint density at radius 3 is 1.46 bits per heavy atom. The summed E-state index contributed by atoms with van der Waals surface area (Å²) < 4.78 is 13.5. The Bertz CT molecular complexity index is 1880. The fraction of sp³-hybridized carbons (Fsp3) is 0.333. The number of amidine groups is 1. The second-order valence-corrected chi connectivity index (χ2v) is 24.6. The van der Waals surface area contributed by atoms with Crippen molar-refractivity contribution < 1.29 is 13.6 Å². The average Bonchev–Trinajstić information content (AvgIpc) is 3.16. The van der Waals surface area contributed by atoms with E-state index in [2.05, 4.69) is 156 Å². The predicted molar refractivity (Wildman–Crippen MR) is 227 cm³/mol. The van der Waals surface area contributed by atoms with Crippen LogP contribution in [-0.2, 0) is 21.7 Å². The molecule has 0 aliphatic heterocycles. The number of benzene rings is 4. The molecule has 3 N–H and O–H groups in total. The van der Waals surface area contributed by atoms with Gasteiger partial charge in [0.05, 0.1) is 17.1 Å². The van der Waals surface area contributed by atoms with E-state index < -0.39 is 16.6 Å². The van der Waals surface area contributed by atoms with Crippen LogP contribution in [0.15, 0.2) is 128 Å². The van der Waals surface area contributed by atoms with Gasteiger partial charge in [-0.3, -0.25) is 10.2 Å². The number of aromatic nitrogens is 2. The highest BCUT2D eigenvalue weighted by Crippen LogP contribution is 2.38. The number of carbonyl (C=O) groups is 1. The number of ketones is 1. The predicted octanol–water partition coefficient (Wildman–Crippen LogP) is 7.00. The molecule has 0 unspecified atom stereocenters. The third-order valence-electron chi connectivity index (χ3n) is 10.2. The highest BCUT2D eigenvalue weighted by Gasteiger charge is 2.51. The number of nitrogens with zero attached hydrogens (tertiary/aromatic N) is 2. The van der Waals surface area contributed by atoms with Gasteiger partial charge in [-0.2, -0.15) is 0 Å². The van der Waals surface area contributed by atoms with Gasteiger partial charge >= 0.3 is 0 Å². The number of nitrogens with two attached hydrogens (primary N) is 1. The quantitative estimate of drug-likeness (QED) is 0.0806. The van der Waals surface area contributed by atoms with E-state index in [4.69, 9.17) is 25.0 Å². The molecular formula is C45H56N4O3Si2. The Labute approximate surface area is 324 Å². The highest BCUT2D eigenvalue weighted by molar-refractivity contribution is 7.00. The van der Waals surface area contributed by atoms with Crippen molar-refractivity contribution in [2.24, 2.45) is 5.73 Å². The first kappa shape index (κ1) is 40.6. The molecule has 0 spiro atoms. The van der Waals surface area contributed by atoms with Crippen molar-refractivity contribution in [2.45, 2.75) is 83.7 Å². The van der Waals surface area contributed by atoms with Gasteiger partial charge < -0.3 is 14.6 Å². The van der Waals surface area contributed by atoms with Crippen LogP contribution in [0, 0.1) is 5.41 Å². The van der Waals surface area contributed by atoms with E-state index in [1.54, 1.807) is 6.20 Å². The monoisotopic (exact) mass is 756 g/mol. The van der Waals surface area contributed by atoms with Gasteiger partial charge in [-0.05, 0) is 43.7 Å². The van der Waals surface area contributed by atoms with Gasteiger partial charge in [0.25, 0.3) is 16.6 Å². The lowest BCUT2D eigenvalue weighted by Gasteiger charge is -2.43. The van der Waals surface area contributed by atoms with E-state index in [0.29, 0.717) is 38.0 Å². The Morgan fingerprint density at radius 1 is 0.667 bits per heavy atom. The largest absolute Gasteiger partial charge is 0.407 e. The number of hydrogen-bond acceptors (Lipinski definition) is 6. The Hall–Kier alpha value is -4.55. The molecule has 0 fully saturated rings. The summed E-state index contributed by atoms with van der Waals surface area (Å²) in [4.78, 5) is 21.2. The van der Waals surface area contributed by atoms with Crippen LogP contribution in [0.1, 0.15) is 82.7 Å². The van der Waals surface area contributed by atoms with Crippen LogP contribution in [0.3, 0.4) is 0 Å². The van der Waals surface area contributed by atoms with Gasteiger partial charge in [0, 0.05) is 38.7 Å². The van der Waals surface area contributed by atoms with Crippen LogP contribution in [0.5, 0.6) is 0 Å². The molecule has 282 valence electrons. The molecule has 5 aromatic rings. The summed E-state index contributed by atoms with van der Waals surface area (Å²) in [7, 11) is -5.02. The van der Waals surface area contributed by atoms with Gasteiger partial charge in [0.15, 0.2) is 5.78 Å². The van der Waals surface area contributed by atoms with Gasteiger partial charge in [-0.1, -0.05) is 163 Å². The molecule has 1 heterocycles. The minimum Gasteiger partial charge on any atom is -0.407 e. The summed E-state index contributed by atoms with van der Waals surface area (Å²) in [5.74, 6) is 1.09. The van der Waals surface area contributed by atoms with E-state index in [0.717, 1.165) is 24.4 Å². The number of rotatable bonds is 12. The van der Waals surface area contributed by atoms with Crippen molar-refractivity contribution in [1.29, 1.82) is 5.41 Å². The van der Waals surface area contributed by atoms with Crippen molar-refractivity contribution in [2.75, 3.05) is 13.2 Å². The Kier molecular flexibility index (Phi) is 13.3. The maximum atomic E-state index is 12.1. The zero-order valence-corrected chi connectivity index (χ0v) is 34.8. The summed E-state index contributed by atoms with van der Waals surface area (Å²) in [5.41, 5.74) is 7.12. The maximum Gasteiger partial charge on any atom is 0.261 e. The molecule has 7 nitrogen and oxygen atoms in total. The molecule has 1 aliphatic carbocycles. The summed E-state index contributed by atoms with van der Waals surface area (Å²) >= 11 is 0. The van der Waals surface area contributed by atoms with Gasteiger partial charge in [-0.25, -0.2) is 9.97 Å². The smallest absolute Gasteiger partial charge is 0.261 e. The van der Waals surface area contributed by atoms with Crippen molar-refractivity contribution >= 4 is 49.0 Å². The number of Topliss-reactive ketones (excluding diaryl/α,β-unsaturated/α-hetero) is 1. The van der Waals surface area contributed by atoms with Crippen LogP contribution in [0.4, 0.5) is 0 Å². The lowest BCUT2D eigenvalue weighted by molar-refractivity contribution is 0.0971. The molecule has 0 radical (unpaired) electrons. The average molecular weight is 757 g/mol.